The van der Waals surface area contributed by atoms with Crippen LogP contribution in [0.4, 0.5) is 0 Å². The summed E-state index contributed by atoms with van der Waals surface area (Å²) in [4.78, 5) is 23.6. The Hall–Kier alpha value is -0.550. The number of amides is 1. The molecule has 0 bridgehead atoms. The lowest BCUT2D eigenvalue weighted by molar-refractivity contribution is -0.137. The van der Waals surface area contributed by atoms with E-state index in [0.717, 1.165) is 0 Å². The van der Waals surface area contributed by atoms with Gasteiger partial charge in [0, 0.05) is 12.2 Å². The van der Waals surface area contributed by atoms with Gasteiger partial charge in [0.1, 0.15) is 0 Å². The third-order valence-electron chi connectivity index (χ3n) is 0.921. The standard InChI is InChI=1S/C4H6N2O2S/c7-3-1-2-9-6-5-4(3)8/h6H,1-2H2,(H,5,8). The maximum atomic E-state index is 10.5. The number of hydrogen-bond donors (Lipinski definition) is 2. The molecule has 1 aliphatic rings. The fourth-order valence-corrected chi connectivity index (χ4v) is 1.01. The van der Waals surface area contributed by atoms with Crippen LogP contribution in [0, 0.1) is 0 Å². The Bertz CT molecular complexity index is 132. The van der Waals surface area contributed by atoms with Crippen LogP contribution >= 0.6 is 11.9 Å². The molecule has 2 N–H and O–H groups in total. The maximum Gasteiger partial charge on any atom is 0.302 e. The van der Waals surface area contributed by atoms with E-state index in [1.807, 2.05) is 0 Å². The van der Waals surface area contributed by atoms with Gasteiger partial charge in [-0.1, -0.05) is 11.9 Å². The van der Waals surface area contributed by atoms with Crippen molar-refractivity contribution in [1.29, 1.82) is 0 Å². The molecule has 1 saturated heterocycles. The average Bonchev–Trinajstić information content (AvgIpc) is 1.99. The minimum absolute atomic E-state index is 0.323. The topological polar surface area (TPSA) is 58.2 Å². The fraction of sp³-hybridized carbons (Fsp3) is 0.500. The summed E-state index contributed by atoms with van der Waals surface area (Å²) in [5.74, 6) is -0.245. The summed E-state index contributed by atoms with van der Waals surface area (Å²) in [6, 6.07) is 0. The smallest absolute Gasteiger partial charge is 0.289 e. The van der Waals surface area contributed by atoms with Crippen LogP contribution in [-0.4, -0.2) is 17.4 Å². The average molecular weight is 146 g/mol. The number of Topliss-reactive ketones (excluding diaryl/α,β-unsaturated/α-hetero) is 1. The molecule has 0 aromatic rings. The molecule has 1 fully saturated rings. The number of nitrogens with one attached hydrogen (secondary N) is 2. The minimum Gasteiger partial charge on any atom is -0.289 e. The molecular weight excluding hydrogens is 140 g/mol. The Morgan fingerprint density at radius 1 is 1.44 bits per heavy atom. The number of carbonyl (C=O) groups excluding carboxylic acids is 2. The van der Waals surface area contributed by atoms with Gasteiger partial charge in [0.15, 0.2) is 0 Å². The van der Waals surface area contributed by atoms with Crippen molar-refractivity contribution in [3.8, 4) is 0 Å². The maximum absolute atomic E-state index is 10.5. The highest BCUT2D eigenvalue weighted by molar-refractivity contribution is 7.97. The second-order valence-electron chi connectivity index (χ2n) is 1.58. The quantitative estimate of drug-likeness (QED) is 0.348. The molecule has 0 saturated carbocycles. The molecule has 0 unspecified atom stereocenters. The molecule has 1 amide bonds. The van der Waals surface area contributed by atoms with E-state index in [9.17, 15) is 9.59 Å². The van der Waals surface area contributed by atoms with Gasteiger partial charge in [0.05, 0.1) is 0 Å². The van der Waals surface area contributed by atoms with Crippen LogP contribution in [0.25, 0.3) is 0 Å². The molecular formula is C4H6N2O2S. The van der Waals surface area contributed by atoms with Gasteiger partial charge in [-0.2, -0.15) is 4.83 Å². The van der Waals surface area contributed by atoms with Crippen molar-refractivity contribution >= 4 is 23.6 Å². The van der Waals surface area contributed by atoms with E-state index in [-0.39, 0.29) is 5.78 Å². The first-order valence-corrected chi connectivity index (χ1v) is 3.49. The lowest BCUT2D eigenvalue weighted by atomic mass is 10.3. The zero-order valence-electron chi connectivity index (χ0n) is 4.64. The SMILES string of the molecule is O=C1CCSNNC1=O. The van der Waals surface area contributed by atoms with E-state index in [0.29, 0.717) is 12.2 Å². The zero-order chi connectivity index (χ0) is 6.69. The van der Waals surface area contributed by atoms with E-state index in [4.69, 9.17) is 0 Å². The molecule has 50 valence electrons. The lowest BCUT2D eigenvalue weighted by Gasteiger charge is -1.94. The molecule has 0 aromatic heterocycles. The summed E-state index contributed by atoms with van der Waals surface area (Å²) in [5, 5.41) is 0. The molecule has 1 rings (SSSR count). The van der Waals surface area contributed by atoms with Crippen molar-refractivity contribution in [1.82, 2.24) is 10.3 Å². The Morgan fingerprint density at radius 2 is 2.22 bits per heavy atom. The van der Waals surface area contributed by atoms with Crippen LogP contribution in [0.2, 0.25) is 0 Å². The second-order valence-corrected chi connectivity index (χ2v) is 2.48. The fourth-order valence-electron chi connectivity index (χ4n) is 0.460. The van der Waals surface area contributed by atoms with E-state index in [2.05, 4.69) is 10.3 Å². The summed E-state index contributed by atoms with van der Waals surface area (Å²) in [6.45, 7) is 0. The minimum atomic E-state index is -0.542. The van der Waals surface area contributed by atoms with Crippen LogP contribution in [0.1, 0.15) is 6.42 Å². The largest absolute Gasteiger partial charge is 0.302 e. The van der Waals surface area contributed by atoms with Gasteiger partial charge in [-0.25, -0.2) is 0 Å². The van der Waals surface area contributed by atoms with Gasteiger partial charge in [0.25, 0.3) is 0 Å². The van der Waals surface area contributed by atoms with Gasteiger partial charge in [-0.15, -0.1) is 0 Å². The molecule has 0 atom stereocenters. The Labute approximate surface area is 56.5 Å². The van der Waals surface area contributed by atoms with Gasteiger partial charge in [-0.3, -0.25) is 15.0 Å². The molecule has 0 spiro atoms. The molecule has 0 radical (unpaired) electrons. The van der Waals surface area contributed by atoms with Crippen molar-refractivity contribution in [3.05, 3.63) is 0 Å². The number of carbonyl (C=O) groups is 2. The van der Waals surface area contributed by atoms with E-state index in [1.54, 1.807) is 0 Å². The zero-order valence-corrected chi connectivity index (χ0v) is 5.46. The van der Waals surface area contributed by atoms with Gasteiger partial charge in [-0.05, 0) is 0 Å². The Kier molecular flexibility index (Phi) is 2.07. The van der Waals surface area contributed by atoms with Crippen molar-refractivity contribution in [2.24, 2.45) is 0 Å². The first-order chi connectivity index (χ1) is 4.30. The molecule has 4 nitrogen and oxygen atoms in total. The van der Waals surface area contributed by atoms with Crippen LogP contribution in [-0.2, 0) is 9.59 Å². The van der Waals surface area contributed by atoms with Gasteiger partial charge in [0.2, 0.25) is 5.78 Å². The summed E-state index contributed by atoms with van der Waals surface area (Å²) in [7, 11) is 0. The van der Waals surface area contributed by atoms with Crippen LogP contribution in [0.3, 0.4) is 0 Å². The Morgan fingerprint density at radius 3 is 3.00 bits per heavy atom. The molecule has 9 heavy (non-hydrogen) atoms. The summed E-state index contributed by atoms with van der Waals surface area (Å²) < 4.78 is 0. The van der Waals surface area contributed by atoms with Gasteiger partial charge >= 0.3 is 5.91 Å². The monoisotopic (exact) mass is 146 g/mol. The number of hydrazine groups is 1. The van der Waals surface area contributed by atoms with Crippen molar-refractivity contribution in [2.45, 2.75) is 6.42 Å². The highest BCUT2D eigenvalue weighted by Gasteiger charge is 2.15. The van der Waals surface area contributed by atoms with Crippen molar-refractivity contribution < 1.29 is 9.59 Å². The van der Waals surface area contributed by atoms with E-state index >= 15 is 0 Å². The number of ketones is 1. The lowest BCUT2D eigenvalue weighted by Crippen LogP contribution is -2.35. The van der Waals surface area contributed by atoms with E-state index < -0.39 is 5.91 Å². The second kappa shape index (κ2) is 2.84. The highest BCUT2D eigenvalue weighted by atomic mass is 32.2. The summed E-state index contributed by atoms with van der Waals surface area (Å²) in [5.41, 5.74) is 2.22. The molecule has 0 aromatic carbocycles. The predicted molar refractivity (Wildman–Crippen MR) is 33.4 cm³/mol. The first-order valence-electron chi connectivity index (χ1n) is 2.50. The summed E-state index contributed by atoms with van der Waals surface area (Å²) in [6.07, 6.45) is 0.323. The van der Waals surface area contributed by atoms with Crippen molar-refractivity contribution in [3.63, 3.8) is 0 Å². The van der Waals surface area contributed by atoms with Crippen LogP contribution in [0.5, 0.6) is 0 Å². The van der Waals surface area contributed by atoms with Crippen molar-refractivity contribution in [2.75, 3.05) is 5.75 Å². The molecule has 5 heteroatoms. The van der Waals surface area contributed by atoms with Gasteiger partial charge < -0.3 is 0 Å². The number of rotatable bonds is 0. The van der Waals surface area contributed by atoms with Crippen LogP contribution < -0.4 is 10.3 Å². The van der Waals surface area contributed by atoms with E-state index in [1.165, 1.54) is 11.9 Å². The Balaban J connectivity index is 2.51. The number of hydrogen-bond acceptors (Lipinski definition) is 4. The molecule has 1 heterocycles. The highest BCUT2D eigenvalue weighted by Crippen LogP contribution is 1.99. The predicted octanol–water partition coefficient (Wildman–Crippen LogP) is -0.772. The molecule has 1 aliphatic heterocycles. The third kappa shape index (κ3) is 1.69. The third-order valence-corrected chi connectivity index (χ3v) is 1.58. The normalized spacial score (nSPS) is 20.9. The van der Waals surface area contributed by atoms with Crippen LogP contribution in [0.15, 0.2) is 0 Å². The summed E-state index contributed by atoms with van der Waals surface area (Å²) >= 11 is 1.32. The first kappa shape index (κ1) is 6.57. The molecule has 0 aliphatic carbocycles.